The van der Waals surface area contributed by atoms with Gasteiger partial charge in [0.1, 0.15) is 6.10 Å². The van der Waals surface area contributed by atoms with Gasteiger partial charge in [-0.15, -0.1) is 0 Å². The molecule has 0 bridgehead atoms. The van der Waals surface area contributed by atoms with E-state index >= 15 is 0 Å². The molecule has 1 aliphatic heterocycles. The monoisotopic (exact) mass is 242 g/mol. The highest BCUT2D eigenvalue weighted by atomic mass is 16.5. The molecular weight excluding hydrogens is 216 g/mol. The molecule has 1 unspecified atom stereocenters. The molecule has 0 aromatic heterocycles. The van der Waals surface area contributed by atoms with Gasteiger partial charge in [-0.05, 0) is 19.3 Å². The first-order valence-corrected chi connectivity index (χ1v) is 6.44. The van der Waals surface area contributed by atoms with Crippen LogP contribution in [-0.2, 0) is 9.53 Å². The Morgan fingerprint density at radius 3 is 2.53 bits per heavy atom. The van der Waals surface area contributed by atoms with Crippen LogP contribution in [-0.4, -0.2) is 49.2 Å². The van der Waals surface area contributed by atoms with E-state index in [4.69, 9.17) is 4.74 Å². The van der Waals surface area contributed by atoms with Crippen molar-refractivity contribution in [2.24, 2.45) is 5.41 Å². The van der Waals surface area contributed by atoms with Crippen molar-refractivity contribution in [3.8, 4) is 0 Å². The number of hydrogen-bond acceptors (Lipinski definition) is 3. The van der Waals surface area contributed by atoms with Gasteiger partial charge in [0.2, 0.25) is 0 Å². The van der Waals surface area contributed by atoms with Crippen LogP contribution in [0.3, 0.4) is 0 Å². The van der Waals surface area contributed by atoms with E-state index in [0.29, 0.717) is 13.2 Å². The molecule has 1 saturated heterocycles. The first kappa shape index (κ1) is 14.5. The van der Waals surface area contributed by atoms with E-state index in [1.54, 1.807) is 0 Å². The van der Waals surface area contributed by atoms with Gasteiger partial charge >= 0.3 is 0 Å². The van der Waals surface area contributed by atoms with E-state index in [2.05, 4.69) is 39.9 Å². The van der Waals surface area contributed by atoms with Crippen LogP contribution < -0.4 is 5.32 Å². The van der Waals surface area contributed by atoms with Crippen LogP contribution in [0.15, 0.2) is 0 Å². The fourth-order valence-corrected chi connectivity index (χ4v) is 1.93. The van der Waals surface area contributed by atoms with Crippen molar-refractivity contribution in [2.75, 3.05) is 26.2 Å². The van der Waals surface area contributed by atoms with Gasteiger partial charge in [0.25, 0.3) is 5.91 Å². The van der Waals surface area contributed by atoms with E-state index in [9.17, 15) is 4.79 Å². The summed E-state index contributed by atoms with van der Waals surface area (Å²) in [6.45, 7) is 13.4. The van der Waals surface area contributed by atoms with E-state index in [0.717, 1.165) is 13.1 Å². The van der Waals surface area contributed by atoms with Gasteiger partial charge in [-0.2, -0.15) is 0 Å². The van der Waals surface area contributed by atoms with Crippen molar-refractivity contribution in [1.82, 2.24) is 10.2 Å². The summed E-state index contributed by atoms with van der Waals surface area (Å²) in [4.78, 5) is 14.3. The maximum absolute atomic E-state index is 12.4. The van der Waals surface area contributed by atoms with Crippen LogP contribution in [0.4, 0.5) is 0 Å². The van der Waals surface area contributed by atoms with Crippen LogP contribution in [0, 0.1) is 5.41 Å². The Labute approximate surface area is 105 Å². The van der Waals surface area contributed by atoms with E-state index in [1.807, 2.05) is 4.90 Å². The predicted molar refractivity (Wildman–Crippen MR) is 68.9 cm³/mol. The number of nitrogens with one attached hydrogen (secondary N) is 1. The lowest BCUT2D eigenvalue weighted by Crippen LogP contribution is -2.53. The van der Waals surface area contributed by atoms with Crippen molar-refractivity contribution in [2.45, 2.75) is 46.8 Å². The van der Waals surface area contributed by atoms with Gasteiger partial charge in [-0.1, -0.05) is 20.8 Å². The van der Waals surface area contributed by atoms with Crippen molar-refractivity contribution in [3.63, 3.8) is 0 Å². The number of amides is 1. The number of hydrogen-bond donors (Lipinski definition) is 1. The average molecular weight is 242 g/mol. The lowest BCUT2D eigenvalue weighted by Gasteiger charge is -2.36. The average Bonchev–Trinajstić information content (AvgIpc) is 2.25. The number of ether oxygens (including phenoxy) is 1. The molecule has 1 rings (SSSR count). The summed E-state index contributed by atoms with van der Waals surface area (Å²) in [5.41, 5.74) is 0.113. The van der Waals surface area contributed by atoms with Gasteiger partial charge in [0, 0.05) is 25.7 Å². The summed E-state index contributed by atoms with van der Waals surface area (Å²) >= 11 is 0. The maximum atomic E-state index is 12.4. The molecule has 1 fully saturated rings. The third-order valence-electron chi connectivity index (χ3n) is 2.75. The minimum atomic E-state index is -0.312. The van der Waals surface area contributed by atoms with Crippen LogP contribution in [0.2, 0.25) is 0 Å². The van der Waals surface area contributed by atoms with Crippen LogP contribution >= 0.6 is 0 Å². The molecule has 0 aromatic rings. The molecule has 0 saturated carbocycles. The van der Waals surface area contributed by atoms with E-state index in [1.165, 1.54) is 0 Å². The molecule has 0 aliphatic carbocycles. The smallest absolute Gasteiger partial charge is 0.253 e. The highest BCUT2D eigenvalue weighted by Crippen LogP contribution is 2.18. The van der Waals surface area contributed by atoms with E-state index in [-0.39, 0.29) is 23.5 Å². The molecule has 1 N–H and O–H groups in total. The number of morpholine rings is 1. The zero-order valence-electron chi connectivity index (χ0n) is 11.7. The summed E-state index contributed by atoms with van der Waals surface area (Å²) < 4.78 is 5.53. The zero-order valence-corrected chi connectivity index (χ0v) is 11.7. The second-order valence-corrected chi connectivity index (χ2v) is 6.18. The summed E-state index contributed by atoms with van der Waals surface area (Å²) in [5.74, 6) is 0.113. The third-order valence-corrected chi connectivity index (χ3v) is 2.75. The SMILES string of the molecule is CC(C)N(CC(C)(C)C)C(=O)C1CNCCO1. The third kappa shape index (κ3) is 4.64. The first-order chi connectivity index (χ1) is 7.81. The topological polar surface area (TPSA) is 41.6 Å². The van der Waals surface area contributed by atoms with Gasteiger partial charge in [0.15, 0.2) is 0 Å². The second kappa shape index (κ2) is 5.83. The minimum absolute atomic E-state index is 0.113. The molecule has 1 amide bonds. The van der Waals surface area contributed by atoms with Crippen LogP contribution in [0.1, 0.15) is 34.6 Å². The molecule has 100 valence electrons. The predicted octanol–water partition coefficient (Wildman–Crippen LogP) is 1.26. The largest absolute Gasteiger partial charge is 0.366 e. The summed E-state index contributed by atoms with van der Waals surface area (Å²) in [7, 11) is 0. The van der Waals surface area contributed by atoms with Crippen LogP contribution in [0.5, 0.6) is 0 Å². The normalized spacial score (nSPS) is 21.6. The Bertz CT molecular complexity index is 253. The maximum Gasteiger partial charge on any atom is 0.253 e. The lowest BCUT2D eigenvalue weighted by atomic mass is 9.95. The summed E-state index contributed by atoms with van der Waals surface area (Å²) in [6, 6.07) is 0.215. The number of carbonyl (C=O) groups excluding carboxylic acids is 1. The Morgan fingerprint density at radius 1 is 1.47 bits per heavy atom. The number of carbonyl (C=O) groups is 1. The minimum Gasteiger partial charge on any atom is -0.366 e. The van der Waals surface area contributed by atoms with Crippen LogP contribution in [0.25, 0.3) is 0 Å². The summed E-state index contributed by atoms with van der Waals surface area (Å²) in [6.07, 6.45) is -0.312. The molecule has 17 heavy (non-hydrogen) atoms. The molecule has 0 aromatic carbocycles. The Kier molecular flexibility index (Phi) is 4.95. The molecule has 1 heterocycles. The highest BCUT2D eigenvalue weighted by Gasteiger charge is 2.30. The quantitative estimate of drug-likeness (QED) is 0.810. The van der Waals surface area contributed by atoms with Crippen molar-refractivity contribution in [1.29, 1.82) is 0 Å². The van der Waals surface area contributed by atoms with Crippen molar-refractivity contribution >= 4 is 5.91 Å². The van der Waals surface area contributed by atoms with Gasteiger partial charge < -0.3 is 15.0 Å². The van der Waals surface area contributed by atoms with Crippen molar-refractivity contribution in [3.05, 3.63) is 0 Å². The summed E-state index contributed by atoms with van der Waals surface area (Å²) in [5, 5.41) is 3.20. The Morgan fingerprint density at radius 2 is 2.12 bits per heavy atom. The lowest BCUT2D eigenvalue weighted by molar-refractivity contribution is -0.148. The molecule has 0 spiro atoms. The van der Waals surface area contributed by atoms with E-state index < -0.39 is 0 Å². The molecule has 4 heteroatoms. The Balaban J connectivity index is 2.66. The molecule has 1 atom stereocenters. The number of nitrogens with zero attached hydrogens (tertiary/aromatic N) is 1. The van der Waals surface area contributed by atoms with Crippen molar-refractivity contribution < 1.29 is 9.53 Å². The fourth-order valence-electron chi connectivity index (χ4n) is 1.93. The standard InChI is InChI=1S/C13H26N2O2/c1-10(2)15(9-13(3,4)5)12(16)11-8-14-6-7-17-11/h10-11,14H,6-9H2,1-5H3. The molecule has 4 nitrogen and oxygen atoms in total. The first-order valence-electron chi connectivity index (χ1n) is 6.44. The molecule has 1 aliphatic rings. The molecular formula is C13H26N2O2. The molecule has 0 radical (unpaired) electrons. The highest BCUT2D eigenvalue weighted by molar-refractivity contribution is 5.81. The fraction of sp³-hybridized carbons (Fsp3) is 0.923. The van der Waals surface area contributed by atoms with Gasteiger partial charge in [-0.3, -0.25) is 4.79 Å². The zero-order chi connectivity index (χ0) is 13.1. The second-order valence-electron chi connectivity index (χ2n) is 6.18. The number of rotatable bonds is 3. The Hall–Kier alpha value is -0.610. The van der Waals surface area contributed by atoms with Gasteiger partial charge in [-0.25, -0.2) is 0 Å². The van der Waals surface area contributed by atoms with Gasteiger partial charge in [0.05, 0.1) is 6.61 Å².